The first-order valence-electron chi connectivity index (χ1n) is 26.2. The van der Waals surface area contributed by atoms with Gasteiger partial charge >= 0.3 is 5.97 Å². The number of carbonyl (C=O) groups excluding carboxylic acids is 2. The predicted octanol–water partition coefficient (Wildman–Crippen LogP) is 15.7. The highest BCUT2D eigenvalue weighted by molar-refractivity contribution is 5.77. The Labute approximate surface area is 373 Å². The van der Waals surface area contributed by atoms with Crippen molar-refractivity contribution in [3.8, 4) is 0 Å². The molecule has 0 spiro atoms. The van der Waals surface area contributed by atoms with Crippen LogP contribution >= 0.6 is 0 Å². The Morgan fingerprint density at radius 1 is 0.500 bits per heavy atom. The number of hydrogen-bond donors (Lipinski definition) is 3. The van der Waals surface area contributed by atoms with Gasteiger partial charge in [-0.15, -0.1) is 0 Å². The van der Waals surface area contributed by atoms with Gasteiger partial charge in [-0.25, -0.2) is 0 Å². The SMILES string of the molecule is CC/C=C/C=C/C=C/CCCCCCCCCC(=O)OC(CCCCCCCCCCCCCCC)CC(=O)NC(CO)C(O)CCCCCCCCCCCCCCC. The van der Waals surface area contributed by atoms with Crippen LogP contribution in [-0.2, 0) is 14.3 Å². The highest BCUT2D eigenvalue weighted by Crippen LogP contribution is 2.18. The number of aliphatic hydroxyl groups is 2. The zero-order chi connectivity index (χ0) is 43.8. The van der Waals surface area contributed by atoms with Gasteiger partial charge in [0.05, 0.1) is 25.2 Å². The summed E-state index contributed by atoms with van der Waals surface area (Å²) in [4.78, 5) is 26.1. The number of aliphatic hydroxyl groups excluding tert-OH is 2. The Bertz CT molecular complexity index is 993. The highest BCUT2D eigenvalue weighted by atomic mass is 16.5. The third-order valence-electron chi connectivity index (χ3n) is 12.0. The molecule has 352 valence electrons. The quantitative estimate of drug-likeness (QED) is 0.0322. The minimum atomic E-state index is -0.786. The minimum Gasteiger partial charge on any atom is -0.462 e. The van der Waals surface area contributed by atoms with Gasteiger partial charge in [0.25, 0.3) is 0 Å². The van der Waals surface area contributed by atoms with E-state index in [-0.39, 0.29) is 24.9 Å². The van der Waals surface area contributed by atoms with Crippen molar-refractivity contribution >= 4 is 11.9 Å². The zero-order valence-corrected chi connectivity index (χ0v) is 40.1. The third-order valence-corrected chi connectivity index (χ3v) is 12.0. The Hall–Kier alpha value is -1.92. The van der Waals surface area contributed by atoms with Gasteiger partial charge in [0.15, 0.2) is 0 Å². The number of carbonyl (C=O) groups is 2. The van der Waals surface area contributed by atoms with E-state index < -0.39 is 18.2 Å². The molecule has 0 aromatic carbocycles. The van der Waals surface area contributed by atoms with E-state index in [4.69, 9.17) is 4.74 Å². The van der Waals surface area contributed by atoms with Crippen LogP contribution in [0.2, 0.25) is 0 Å². The normalized spacial score (nSPS) is 13.5. The fourth-order valence-corrected chi connectivity index (χ4v) is 8.08. The summed E-state index contributed by atoms with van der Waals surface area (Å²) in [5.74, 6) is -0.475. The van der Waals surface area contributed by atoms with Gasteiger partial charge in [0.1, 0.15) is 6.10 Å². The minimum absolute atomic E-state index is 0.0767. The van der Waals surface area contributed by atoms with E-state index in [0.29, 0.717) is 19.3 Å². The maximum absolute atomic E-state index is 13.2. The van der Waals surface area contributed by atoms with E-state index in [0.717, 1.165) is 57.8 Å². The van der Waals surface area contributed by atoms with Gasteiger partial charge in [-0.05, 0) is 44.9 Å². The maximum Gasteiger partial charge on any atom is 0.306 e. The van der Waals surface area contributed by atoms with Crippen LogP contribution < -0.4 is 5.32 Å². The van der Waals surface area contributed by atoms with Crippen LogP contribution in [0.1, 0.15) is 271 Å². The van der Waals surface area contributed by atoms with Crippen LogP contribution in [0.3, 0.4) is 0 Å². The molecular weight excluding hydrogens is 743 g/mol. The monoisotopic (exact) mass is 844 g/mol. The summed E-state index contributed by atoms with van der Waals surface area (Å²) in [6, 6.07) is -0.700. The number of unbranched alkanes of at least 4 members (excludes halogenated alkanes) is 31. The Morgan fingerprint density at radius 3 is 1.35 bits per heavy atom. The first-order valence-corrected chi connectivity index (χ1v) is 26.2. The summed E-state index contributed by atoms with van der Waals surface area (Å²) >= 11 is 0. The average Bonchev–Trinajstić information content (AvgIpc) is 3.24. The van der Waals surface area contributed by atoms with Gasteiger partial charge < -0.3 is 20.3 Å². The van der Waals surface area contributed by atoms with Gasteiger partial charge in [-0.1, -0.05) is 250 Å². The van der Waals surface area contributed by atoms with Crippen molar-refractivity contribution in [3.05, 3.63) is 36.5 Å². The number of hydrogen-bond acceptors (Lipinski definition) is 5. The summed E-state index contributed by atoms with van der Waals surface area (Å²) in [5, 5.41) is 23.8. The van der Waals surface area contributed by atoms with Crippen LogP contribution in [0.25, 0.3) is 0 Å². The zero-order valence-electron chi connectivity index (χ0n) is 40.1. The van der Waals surface area contributed by atoms with Crippen LogP contribution in [-0.4, -0.2) is 46.9 Å². The molecule has 3 atom stereocenters. The maximum atomic E-state index is 13.2. The second-order valence-corrected chi connectivity index (χ2v) is 18.0. The predicted molar refractivity (Wildman–Crippen MR) is 259 cm³/mol. The molecule has 0 fully saturated rings. The van der Waals surface area contributed by atoms with Crippen molar-refractivity contribution in [2.45, 2.75) is 289 Å². The van der Waals surface area contributed by atoms with Gasteiger partial charge in [0, 0.05) is 6.42 Å². The van der Waals surface area contributed by atoms with E-state index in [2.05, 4.69) is 62.5 Å². The van der Waals surface area contributed by atoms with Gasteiger partial charge in [-0.2, -0.15) is 0 Å². The lowest BCUT2D eigenvalue weighted by Crippen LogP contribution is -2.46. The average molecular weight is 844 g/mol. The molecule has 0 aliphatic heterocycles. The summed E-state index contributed by atoms with van der Waals surface area (Å²) in [6.45, 7) is 6.37. The van der Waals surface area contributed by atoms with E-state index >= 15 is 0 Å². The number of allylic oxidation sites excluding steroid dienone is 6. The summed E-state index contributed by atoms with van der Waals surface area (Å²) in [6.07, 6.45) is 56.3. The largest absolute Gasteiger partial charge is 0.462 e. The Kier molecular flexibility index (Phi) is 46.6. The molecule has 0 aliphatic rings. The standard InChI is InChI=1S/C54H101NO5/c1-4-7-10-13-16-19-22-25-26-29-32-35-38-41-44-47-54(59)60-50(45-42-39-36-33-30-27-23-20-17-14-11-8-5-2)48-53(58)55-51(49-56)52(57)46-43-40-37-34-31-28-24-21-18-15-12-9-6-3/h7,10,13,16,19,22,50-52,56-57H,4-6,8-9,11-12,14-15,17-18,20-21,23-49H2,1-3H3,(H,55,58)/b10-7+,16-13+,22-19+. The molecule has 0 saturated carbocycles. The molecule has 3 N–H and O–H groups in total. The molecular formula is C54H101NO5. The molecule has 3 unspecified atom stereocenters. The van der Waals surface area contributed by atoms with Crippen molar-refractivity contribution in [1.29, 1.82) is 0 Å². The van der Waals surface area contributed by atoms with E-state index in [9.17, 15) is 19.8 Å². The summed E-state index contributed by atoms with van der Waals surface area (Å²) in [7, 11) is 0. The molecule has 60 heavy (non-hydrogen) atoms. The molecule has 0 heterocycles. The fourth-order valence-electron chi connectivity index (χ4n) is 8.08. The van der Waals surface area contributed by atoms with Gasteiger partial charge in [-0.3, -0.25) is 9.59 Å². The fraction of sp³-hybridized carbons (Fsp3) is 0.852. The van der Waals surface area contributed by atoms with Gasteiger partial charge in [0.2, 0.25) is 5.91 Å². The first-order chi connectivity index (χ1) is 29.5. The molecule has 0 radical (unpaired) electrons. The van der Waals surface area contributed by atoms with E-state index in [1.54, 1.807) is 0 Å². The molecule has 1 amide bonds. The molecule has 0 aliphatic carbocycles. The molecule has 6 nitrogen and oxygen atoms in total. The number of esters is 1. The summed E-state index contributed by atoms with van der Waals surface area (Å²) in [5.41, 5.74) is 0. The second kappa shape index (κ2) is 48.1. The van der Waals surface area contributed by atoms with Crippen LogP contribution in [0.5, 0.6) is 0 Å². The lowest BCUT2D eigenvalue weighted by molar-refractivity contribution is -0.151. The molecule has 0 aromatic heterocycles. The molecule has 0 rings (SSSR count). The lowest BCUT2D eigenvalue weighted by atomic mass is 10.0. The van der Waals surface area contributed by atoms with Crippen molar-refractivity contribution < 1.29 is 24.5 Å². The van der Waals surface area contributed by atoms with Crippen molar-refractivity contribution in [2.75, 3.05) is 6.61 Å². The lowest BCUT2D eigenvalue weighted by Gasteiger charge is -2.24. The van der Waals surface area contributed by atoms with Crippen molar-refractivity contribution in [3.63, 3.8) is 0 Å². The molecule has 6 heteroatoms. The van der Waals surface area contributed by atoms with Crippen molar-refractivity contribution in [2.24, 2.45) is 0 Å². The van der Waals surface area contributed by atoms with Crippen LogP contribution in [0.15, 0.2) is 36.5 Å². The number of nitrogens with one attached hydrogen (secondary N) is 1. The molecule has 0 bridgehead atoms. The Balaban J connectivity index is 4.55. The molecule has 0 saturated heterocycles. The number of ether oxygens (including phenoxy) is 1. The van der Waals surface area contributed by atoms with Crippen LogP contribution in [0, 0.1) is 0 Å². The van der Waals surface area contributed by atoms with Crippen molar-refractivity contribution in [1.82, 2.24) is 5.32 Å². The second-order valence-electron chi connectivity index (χ2n) is 18.0. The number of amides is 1. The first kappa shape index (κ1) is 58.1. The molecule has 0 aromatic rings. The van der Waals surface area contributed by atoms with E-state index in [1.165, 1.54) is 167 Å². The number of rotatable bonds is 47. The highest BCUT2D eigenvalue weighted by Gasteiger charge is 2.24. The van der Waals surface area contributed by atoms with Crippen LogP contribution in [0.4, 0.5) is 0 Å². The third kappa shape index (κ3) is 42.8. The Morgan fingerprint density at radius 2 is 0.900 bits per heavy atom. The summed E-state index contributed by atoms with van der Waals surface area (Å²) < 4.78 is 5.94. The van der Waals surface area contributed by atoms with E-state index in [1.807, 2.05) is 0 Å². The smallest absolute Gasteiger partial charge is 0.306 e. The topological polar surface area (TPSA) is 95.9 Å².